The van der Waals surface area contributed by atoms with Crippen LogP contribution in [0.5, 0.6) is 23.0 Å². The van der Waals surface area contributed by atoms with E-state index in [1.807, 2.05) is 24.3 Å². The maximum Gasteiger partial charge on any atom is 0.168 e. The predicted molar refractivity (Wildman–Crippen MR) is 309 cm³/mol. The average Bonchev–Trinajstić information content (AvgIpc) is 3.86. The molecule has 2 N–H and O–H groups in total. The number of para-hydroxylation sites is 2. The second-order valence-electron chi connectivity index (χ2n) is 25.5. The number of ether oxygens (including phenoxy) is 2. The molecule has 0 saturated heterocycles. The standard InChI is InChI=1S/C67H75ClF2N2O4/c1-64(2,3)39-66(7,8)41-32-50(61(73)58(34-41)71-54-24-15-11-20-45(54)46-21-12-16-25-55(46)71)49-36-43(68)28-29-60(49)75-30-19-31-76-63-52(37-44(69)38-53(63)70)51-33-42(67(9,10)40-65(4,5)6)35-59(62(51)74)72-56-26-17-13-22-47(56)48-23-14-18-27-57(48)72/h11,13,15,17,20,22,24,26,28-29,32-38,73-74H,12,14,16,18-19,21,23,25,27,30-31,39-40H2,1-10H3. The first-order valence-corrected chi connectivity index (χ1v) is 27.9. The molecule has 76 heavy (non-hydrogen) atoms. The Morgan fingerprint density at radius 1 is 0.526 bits per heavy atom. The fourth-order valence-corrected chi connectivity index (χ4v) is 13.5. The molecule has 9 heteroatoms. The van der Waals surface area contributed by atoms with Crippen molar-refractivity contribution in [1.29, 1.82) is 0 Å². The van der Waals surface area contributed by atoms with Gasteiger partial charge in [-0.15, -0.1) is 0 Å². The summed E-state index contributed by atoms with van der Waals surface area (Å²) in [6.45, 7) is 22.5. The normalized spacial score (nSPS) is 14.3. The largest absolute Gasteiger partial charge is 0.505 e. The summed E-state index contributed by atoms with van der Waals surface area (Å²) in [5.74, 6) is -1.19. The summed E-state index contributed by atoms with van der Waals surface area (Å²) < 4.78 is 49.4. The number of hydrogen-bond donors (Lipinski definition) is 2. The van der Waals surface area contributed by atoms with Crippen LogP contribution < -0.4 is 9.47 Å². The quantitative estimate of drug-likeness (QED) is 0.107. The van der Waals surface area contributed by atoms with Crippen molar-refractivity contribution in [2.45, 2.75) is 151 Å². The van der Waals surface area contributed by atoms with Gasteiger partial charge in [0.25, 0.3) is 0 Å². The van der Waals surface area contributed by atoms with Crippen LogP contribution in [0.4, 0.5) is 8.78 Å². The number of rotatable bonds is 14. The third-order valence-corrected chi connectivity index (χ3v) is 16.1. The van der Waals surface area contributed by atoms with Crippen molar-refractivity contribution in [3.05, 3.63) is 153 Å². The summed E-state index contributed by atoms with van der Waals surface area (Å²) in [4.78, 5) is 0. The highest BCUT2D eigenvalue weighted by Gasteiger charge is 2.34. The van der Waals surface area contributed by atoms with Gasteiger partial charge in [0.1, 0.15) is 23.1 Å². The zero-order valence-corrected chi connectivity index (χ0v) is 47.0. The van der Waals surface area contributed by atoms with Gasteiger partial charge in [0.05, 0.1) is 35.6 Å². The molecule has 0 spiro atoms. The molecule has 2 heterocycles. The highest BCUT2D eigenvalue weighted by molar-refractivity contribution is 6.31. The van der Waals surface area contributed by atoms with E-state index in [9.17, 15) is 10.2 Å². The molecule has 398 valence electrons. The van der Waals surface area contributed by atoms with Crippen LogP contribution in [0.15, 0.2) is 103 Å². The Bertz CT molecular complexity index is 3510. The van der Waals surface area contributed by atoms with Gasteiger partial charge in [-0.05, 0) is 169 Å². The molecule has 6 aromatic carbocycles. The van der Waals surface area contributed by atoms with Gasteiger partial charge >= 0.3 is 0 Å². The molecule has 2 aliphatic carbocycles. The topological polar surface area (TPSA) is 68.8 Å². The zero-order chi connectivity index (χ0) is 54.1. The van der Waals surface area contributed by atoms with Crippen molar-refractivity contribution >= 4 is 33.4 Å². The highest BCUT2D eigenvalue weighted by atomic mass is 35.5. The van der Waals surface area contributed by atoms with Crippen LogP contribution in [0.2, 0.25) is 5.02 Å². The van der Waals surface area contributed by atoms with E-state index >= 15 is 8.78 Å². The third-order valence-electron chi connectivity index (χ3n) is 15.8. The molecule has 0 bridgehead atoms. The van der Waals surface area contributed by atoms with Gasteiger partial charge in [0.2, 0.25) is 0 Å². The summed E-state index contributed by atoms with van der Waals surface area (Å²) in [5.41, 5.74) is 11.5. The zero-order valence-electron chi connectivity index (χ0n) is 46.2. The minimum absolute atomic E-state index is 0.0226. The number of phenolic OH excluding ortho intramolecular Hbond substituents is 2. The number of aryl methyl sites for hydroxylation is 2. The highest BCUT2D eigenvalue weighted by Crippen LogP contribution is 2.50. The molecule has 0 amide bonds. The molecule has 10 rings (SSSR count). The van der Waals surface area contributed by atoms with Gasteiger partial charge in [-0.1, -0.05) is 117 Å². The molecule has 0 saturated carbocycles. The number of fused-ring (bicyclic) bond motifs is 6. The first-order valence-electron chi connectivity index (χ1n) is 27.5. The summed E-state index contributed by atoms with van der Waals surface area (Å²) in [6, 6.07) is 32.6. The molecule has 0 atom stereocenters. The molecule has 0 aliphatic heterocycles. The van der Waals surface area contributed by atoms with E-state index < -0.39 is 11.6 Å². The van der Waals surface area contributed by atoms with Gasteiger partial charge in [-0.25, -0.2) is 8.78 Å². The monoisotopic (exact) mass is 1040 g/mol. The first-order chi connectivity index (χ1) is 36.0. The van der Waals surface area contributed by atoms with Crippen LogP contribution in [-0.4, -0.2) is 32.6 Å². The maximum atomic E-state index is 16.4. The predicted octanol–water partition coefficient (Wildman–Crippen LogP) is 18.3. The number of phenols is 2. The Hall–Kier alpha value is -6.25. The smallest absolute Gasteiger partial charge is 0.168 e. The first kappa shape index (κ1) is 53.2. The van der Waals surface area contributed by atoms with Gasteiger partial charge in [-0.3, -0.25) is 0 Å². The van der Waals surface area contributed by atoms with Crippen molar-refractivity contribution < 1.29 is 28.5 Å². The molecule has 0 radical (unpaired) electrons. The van der Waals surface area contributed by atoms with Gasteiger partial charge in [0.15, 0.2) is 11.6 Å². The summed E-state index contributed by atoms with van der Waals surface area (Å²) in [6.07, 6.45) is 10.1. The van der Waals surface area contributed by atoms with Crippen molar-refractivity contribution in [1.82, 2.24) is 9.13 Å². The average molecular weight is 1050 g/mol. The molecule has 2 aliphatic rings. The number of hydrogen-bond acceptors (Lipinski definition) is 4. The maximum absolute atomic E-state index is 16.4. The van der Waals surface area contributed by atoms with Gasteiger partial charge in [-0.2, -0.15) is 0 Å². The van der Waals surface area contributed by atoms with Crippen LogP contribution in [0, 0.1) is 22.5 Å². The van der Waals surface area contributed by atoms with Crippen LogP contribution in [0.25, 0.3) is 55.4 Å². The summed E-state index contributed by atoms with van der Waals surface area (Å²) in [5, 5.41) is 28.2. The molecule has 0 fully saturated rings. The van der Waals surface area contributed by atoms with E-state index in [-0.39, 0.29) is 57.7 Å². The number of aromatic nitrogens is 2. The molecular weight excluding hydrogens is 970 g/mol. The Morgan fingerprint density at radius 2 is 1.00 bits per heavy atom. The van der Waals surface area contributed by atoms with Gasteiger partial charge in [0, 0.05) is 61.9 Å². The van der Waals surface area contributed by atoms with E-state index in [2.05, 4.69) is 139 Å². The Labute approximate surface area is 453 Å². The Kier molecular flexibility index (Phi) is 14.2. The SMILES string of the molecule is CC(C)(C)CC(C)(C)c1cc(-c2cc(Cl)ccc2OCCCOc2c(F)cc(F)cc2-c2cc(C(C)(C)CC(C)(C)C)cc(-n3c4c(c5ccccc53)CCCC4)c2O)c(O)c(-n2c3c(c4ccccc42)CCCC3)c1. The van der Waals surface area contributed by atoms with E-state index in [0.29, 0.717) is 39.6 Å². The molecule has 8 aromatic rings. The second-order valence-corrected chi connectivity index (χ2v) is 25.9. The number of benzene rings is 6. The van der Waals surface area contributed by atoms with Crippen molar-refractivity contribution in [3.63, 3.8) is 0 Å². The van der Waals surface area contributed by atoms with E-state index in [1.54, 1.807) is 6.07 Å². The van der Waals surface area contributed by atoms with Crippen LogP contribution in [0.1, 0.15) is 148 Å². The van der Waals surface area contributed by atoms with Crippen LogP contribution in [-0.2, 0) is 36.5 Å². The molecular formula is C67H75ClF2N2O4. The van der Waals surface area contributed by atoms with Crippen molar-refractivity contribution in [2.24, 2.45) is 10.8 Å². The lowest BCUT2D eigenvalue weighted by molar-refractivity contribution is 0.242. The Morgan fingerprint density at radius 3 is 1.51 bits per heavy atom. The van der Waals surface area contributed by atoms with E-state index in [1.165, 1.54) is 28.3 Å². The fourth-order valence-electron chi connectivity index (χ4n) is 13.3. The van der Waals surface area contributed by atoms with Crippen molar-refractivity contribution in [3.8, 4) is 56.6 Å². The minimum atomic E-state index is -0.864. The lowest BCUT2D eigenvalue weighted by atomic mass is 9.71. The number of nitrogens with zero attached hydrogens (tertiary/aromatic N) is 2. The third kappa shape index (κ3) is 10.4. The van der Waals surface area contributed by atoms with Gasteiger partial charge < -0.3 is 28.8 Å². The van der Waals surface area contributed by atoms with Crippen molar-refractivity contribution in [2.75, 3.05) is 13.2 Å². The minimum Gasteiger partial charge on any atom is -0.505 e. The molecule has 0 unspecified atom stereocenters. The molecule has 6 nitrogen and oxygen atoms in total. The fraction of sp³-hybridized carbons (Fsp3) is 0.403. The second kappa shape index (κ2) is 20.3. The van der Waals surface area contributed by atoms with Crippen LogP contribution in [0.3, 0.4) is 0 Å². The summed E-state index contributed by atoms with van der Waals surface area (Å²) in [7, 11) is 0. The lowest BCUT2D eigenvalue weighted by Crippen LogP contribution is -2.25. The summed E-state index contributed by atoms with van der Waals surface area (Å²) >= 11 is 6.82. The molecule has 2 aromatic heterocycles. The van der Waals surface area contributed by atoms with Crippen LogP contribution >= 0.6 is 11.6 Å². The van der Waals surface area contributed by atoms with E-state index in [4.69, 9.17) is 21.1 Å². The number of aromatic hydroxyl groups is 2. The number of halogens is 3. The lowest BCUT2D eigenvalue weighted by Gasteiger charge is -2.34. The van der Waals surface area contributed by atoms with E-state index in [0.717, 1.165) is 109 Å². The Balaban J connectivity index is 0.995.